The number of halogens is 1. The zero-order valence-electron chi connectivity index (χ0n) is 25.3. The number of nitriles is 1. The van der Waals surface area contributed by atoms with E-state index in [1.54, 1.807) is 27.7 Å². The number of carbonyl (C=O) groups is 5. The van der Waals surface area contributed by atoms with Gasteiger partial charge in [-0.15, -0.1) is 0 Å². The van der Waals surface area contributed by atoms with Gasteiger partial charge < -0.3 is 46.5 Å². The molecule has 0 radical (unpaired) electrons. The van der Waals surface area contributed by atoms with Crippen LogP contribution in [0.15, 0.2) is 36.4 Å². The Morgan fingerprint density at radius 1 is 0.652 bits per heavy atom. The van der Waals surface area contributed by atoms with E-state index in [1.807, 2.05) is 6.07 Å². The van der Waals surface area contributed by atoms with Gasteiger partial charge in [0.15, 0.2) is 0 Å². The number of carbonyl (C=O) groups excluding carboxylic acids is 5. The van der Waals surface area contributed by atoms with Crippen LogP contribution in [0.3, 0.4) is 0 Å². The maximum Gasteiger partial charge on any atom is 0.272 e. The lowest BCUT2D eigenvalue weighted by Gasteiger charge is -2.08. The van der Waals surface area contributed by atoms with Gasteiger partial charge in [-0.05, 0) is 27.7 Å². The second-order valence-corrected chi connectivity index (χ2v) is 10.7. The van der Waals surface area contributed by atoms with Gasteiger partial charge in [0.05, 0.1) is 40.3 Å². The molecule has 0 spiro atoms. The van der Waals surface area contributed by atoms with Gasteiger partial charge in [-0.3, -0.25) is 24.0 Å². The predicted molar refractivity (Wildman–Crippen MR) is 172 cm³/mol. The number of aromatic nitrogens is 4. The van der Waals surface area contributed by atoms with Crippen LogP contribution in [-0.4, -0.2) is 56.0 Å². The summed E-state index contributed by atoms with van der Waals surface area (Å²) >= 11 is 5.62. The highest BCUT2D eigenvalue weighted by Crippen LogP contribution is 2.26. The first-order valence-corrected chi connectivity index (χ1v) is 14.2. The van der Waals surface area contributed by atoms with Crippen LogP contribution in [0.5, 0.6) is 0 Å². The standard InChI is InChI=1S/C30H31ClN10O5/c1-13-19(10-34-22(13)27(43)33-8-6-7-32)39-29(45)24-15(3)21(12-36-24)41-30(46)25-16(4)20(11-37-25)40-28(44)23-14(2)18(9-35-23)38-26(42)17(5)31/h9-12,34-37H,5-6,8H2,1-4H3,(H,33,43)(H,38,42)(H,39,45)(H,40,44)(H,41,46). The molecule has 0 saturated heterocycles. The number of amides is 5. The lowest BCUT2D eigenvalue weighted by molar-refractivity contribution is -0.112. The zero-order chi connectivity index (χ0) is 33.7. The molecule has 0 atom stereocenters. The summed E-state index contributed by atoms with van der Waals surface area (Å²) in [7, 11) is 0. The minimum absolute atomic E-state index is 0.173. The van der Waals surface area contributed by atoms with Crippen LogP contribution in [0.4, 0.5) is 22.7 Å². The van der Waals surface area contributed by atoms with Gasteiger partial charge in [0.2, 0.25) is 0 Å². The fraction of sp³-hybridized carbons (Fsp3) is 0.200. The molecule has 0 aliphatic carbocycles. The molecule has 0 saturated carbocycles. The van der Waals surface area contributed by atoms with Crippen molar-refractivity contribution < 1.29 is 24.0 Å². The van der Waals surface area contributed by atoms with E-state index in [4.69, 9.17) is 16.9 Å². The third-order valence-electron chi connectivity index (χ3n) is 7.23. The van der Waals surface area contributed by atoms with Crippen LogP contribution >= 0.6 is 11.6 Å². The fourth-order valence-electron chi connectivity index (χ4n) is 4.51. The largest absolute Gasteiger partial charge is 0.355 e. The molecular formula is C30H31ClN10O5. The molecule has 16 heteroatoms. The first-order chi connectivity index (χ1) is 21.8. The van der Waals surface area contributed by atoms with E-state index in [-0.39, 0.29) is 40.8 Å². The highest BCUT2D eigenvalue weighted by Gasteiger charge is 2.23. The van der Waals surface area contributed by atoms with Crippen LogP contribution in [0, 0.1) is 39.0 Å². The number of rotatable bonds is 11. The second kappa shape index (κ2) is 13.7. The van der Waals surface area contributed by atoms with Gasteiger partial charge in [0, 0.05) is 53.6 Å². The SMILES string of the molecule is C=C(Cl)C(=O)Nc1c[nH]c(C(=O)Nc2c[nH]c(C(=O)Nc3c[nH]c(C(=O)Nc4c[nH]c(C(=O)NCCC#N)c4C)c3C)c2C)c1C. The quantitative estimate of drug-likeness (QED) is 0.0849. The van der Waals surface area contributed by atoms with E-state index in [9.17, 15) is 24.0 Å². The number of anilines is 4. The van der Waals surface area contributed by atoms with Crippen LogP contribution in [0.25, 0.3) is 0 Å². The number of H-pyrrole nitrogens is 4. The molecule has 15 nitrogen and oxygen atoms in total. The van der Waals surface area contributed by atoms with Crippen molar-refractivity contribution in [2.24, 2.45) is 0 Å². The Morgan fingerprint density at radius 2 is 0.978 bits per heavy atom. The van der Waals surface area contributed by atoms with E-state index in [0.717, 1.165) is 0 Å². The highest BCUT2D eigenvalue weighted by atomic mass is 35.5. The molecule has 0 bridgehead atoms. The fourth-order valence-corrected chi connectivity index (χ4v) is 4.56. The highest BCUT2D eigenvalue weighted by molar-refractivity contribution is 6.43. The smallest absolute Gasteiger partial charge is 0.272 e. The molecule has 4 aromatic rings. The van der Waals surface area contributed by atoms with E-state index in [2.05, 4.69) is 53.1 Å². The van der Waals surface area contributed by atoms with Gasteiger partial charge in [-0.1, -0.05) is 18.2 Å². The second-order valence-electron chi connectivity index (χ2n) is 10.2. The molecule has 4 heterocycles. The summed E-state index contributed by atoms with van der Waals surface area (Å²) < 4.78 is 0. The van der Waals surface area contributed by atoms with Crippen molar-refractivity contribution in [2.45, 2.75) is 34.1 Å². The van der Waals surface area contributed by atoms with E-state index in [0.29, 0.717) is 45.0 Å². The average molecular weight is 647 g/mol. The Bertz CT molecular complexity index is 1920. The molecule has 5 amide bonds. The van der Waals surface area contributed by atoms with Gasteiger partial charge in [0.25, 0.3) is 29.5 Å². The first kappa shape index (κ1) is 32.9. The molecule has 238 valence electrons. The molecule has 0 aromatic carbocycles. The molecule has 0 fully saturated rings. The Hall–Kier alpha value is -6.01. The Labute approximate surface area is 267 Å². The lowest BCUT2D eigenvalue weighted by atomic mass is 10.2. The van der Waals surface area contributed by atoms with Crippen molar-refractivity contribution >= 4 is 63.9 Å². The molecule has 9 N–H and O–H groups in total. The van der Waals surface area contributed by atoms with Gasteiger partial charge in [-0.2, -0.15) is 5.26 Å². The summed E-state index contributed by atoms with van der Waals surface area (Å²) in [5.41, 5.74) is 4.22. The molecule has 4 rings (SSSR count). The van der Waals surface area contributed by atoms with E-state index < -0.39 is 29.5 Å². The van der Waals surface area contributed by atoms with Crippen LogP contribution in [0.1, 0.15) is 70.6 Å². The van der Waals surface area contributed by atoms with Crippen molar-refractivity contribution in [3.05, 3.63) is 81.4 Å². The molecule has 0 aliphatic heterocycles. The lowest BCUT2D eigenvalue weighted by Crippen LogP contribution is -2.25. The van der Waals surface area contributed by atoms with Crippen LogP contribution in [0.2, 0.25) is 0 Å². The Morgan fingerprint density at radius 3 is 1.30 bits per heavy atom. The van der Waals surface area contributed by atoms with Crippen molar-refractivity contribution in [2.75, 3.05) is 27.8 Å². The van der Waals surface area contributed by atoms with Crippen LogP contribution in [-0.2, 0) is 4.79 Å². The Balaban J connectivity index is 1.40. The summed E-state index contributed by atoms with van der Waals surface area (Å²) in [6.45, 7) is 10.2. The van der Waals surface area contributed by atoms with Crippen LogP contribution < -0.4 is 26.6 Å². The maximum absolute atomic E-state index is 13.2. The number of nitrogens with zero attached hydrogens (tertiary/aromatic N) is 1. The number of hydrogen-bond acceptors (Lipinski definition) is 6. The molecular weight excluding hydrogens is 616 g/mol. The average Bonchev–Trinajstić information content (AvgIpc) is 3.76. The number of nitrogens with one attached hydrogen (secondary N) is 9. The summed E-state index contributed by atoms with van der Waals surface area (Å²) in [4.78, 5) is 74.7. The van der Waals surface area contributed by atoms with Gasteiger partial charge in [0.1, 0.15) is 22.8 Å². The summed E-state index contributed by atoms with van der Waals surface area (Å²) in [6.07, 6.45) is 6.07. The summed E-state index contributed by atoms with van der Waals surface area (Å²) in [5, 5.41) is 21.9. The van der Waals surface area contributed by atoms with Crippen molar-refractivity contribution in [1.82, 2.24) is 25.3 Å². The number of aromatic amines is 4. The van der Waals surface area contributed by atoms with Crippen molar-refractivity contribution in [3.8, 4) is 6.07 Å². The van der Waals surface area contributed by atoms with E-state index >= 15 is 0 Å². The molecule has 0 unspecified atom stereocenters. The number of hydrogen-bond donors (Lipinski definition) is 9. The Kier molecular flexibility index (Phi) is 9.83. The normalized spacial score (nSPS) is 10.5. The minimum atomic E-state index is -0.599. The summed E-state index contributed by atoms with van der Waals surface area (Å²) in [5.74, 6) is -2.50. The van der Waals surface area contributed by atoms with Crippen molar-refractivity contribution in [3.63, 3.8) is 0 Å². The monoisotopic (exact) mass is 646 g/mol. The third-order valence-corrected chi connectivity index (χ3v) is 7.40. The third kappa shape index (κ3) is 6.87. The summed E-state index contributed by atoms with van der Waals surface area (Å²) in [6, 6.07) is 1.95. The first-order valence-electron chi connectivity index (χ1n) is 13.8. The topological polar surface area (TPSA) is 232 Å². The van der Waals surface area contributed by atoms with Crippen molar-refractivity contribution in [1.29, 1.82) is 5.26 Å². The minimum Gasteiger partial charge on any atom is -0.355 e. The zero-order valence-corrected chi connectivity index (χ0v) is 26.1. The maximum atomic E-state index is 13.2. The van der Waals surface area contributed by atoms with Gasteiger partial charge in [-0.25, -0.2) is 0 Å². The van der Waals surface area contributed by atoms with Gasteiger partial charge >= 0.3 is 0 Å². The van der Waals surface area contributed by atoms with E-state index in [1.165, 1.54) is 24.8 Å². The molecule has 46 heavy (non-hydrogen) atoms. The predicted octanol–water partition coefficient (Wildman–Crippen LogP) is 4.32. The molecule has 4 aromatic heterocycles. The molecule has 0 aliphatic rings.